The minimum atomic E-state index is -0.381. The fraction of sp³-hybridized carbons (Fsp3) is 0.0769. The molecule has 0 spiro atoms. The Morgan fingerprint density at radius 2 is 2.00 bits per heavy atom. The zero-order valence-corrected chi connectivity index (χ0v) is 12.1. The van der Waals surface area contributed by atoms with Crippen molar-refractivity contribution in [3.8, 4) is 0 Å². The van der Waals surface area contributed by atoms with Gasteiger partial charge in [-0.3, -0.25) is 10.1 Å². The van der Waals surface area contributed by atoms with Crippen LogP contribution in [0, 0.1) is 10.1 Å². The molecular formula is C13H10BrClN2O2. The lowest BCUT2D eigenvalue weighted by Crippen LogP contribution is -2.03. The van der Waals surface area contributed by atoms with Gasteiger partial charge in [0, 0.05) is 33.4 Å². The molecule has 0 saturated carbocycles. The van der Waals surface area contributed by atoms with Crippen LogP contribution in [0.25, 0.3) is 0 Å². The molecule has 1 N–H and O–H groups in total. The average molecular weight is 342 g/mol. The van der Waals surface area contributed by atoms with Crippen LogP contribution in [0.15, 0.2) is 46.9 Å². The highest BCUT2D eigenvalue weighted by Crippen LogP contribution is 2.27. The van der Waals surface area contributed by atoms with Crippen molar-refractivity contribution >= 4 is 38.9 Å². The minimum Gasteiger partial charge on any atom is -0.380 e. The van der Waals surface area contributed by atoms with E-state index in [2.05, 4.69) is 21.2 Å². The van der Waals surface area contributed by atoms with Crippen LogP contribution < -0.4 is 5.32 Å². The number of nitrogens with one attached hydrogen (secondary N) is 1. The van der Waals surface area contributed by atoms with Gasteiger partial charge in [0.05, 0.1) is 4.92 Å². The number of benzene rings is 2. The van der Waals surface area contributed by atoms with Gasteiger partial charge >= 0.3 is 0 Å². The Labute approximate surface area is 123 Å². The van der Waals surface area contributed by atoms with Gasteiger partial charge in [-0.2, -0.15) is 0 Å². The van der Waals surface area contributed by atoms with Crippen LogP contribution in [-0.2, 0) is 6.54 Å². The highest BCUT2D eigenvalue weighted by atomic mass is 79.9. The molecule has 0 aliphatic carbocycles. The fourth-order valence-corrected chi connectivity index (χ4v) is 2.48. The number of para-hydroxylation sites is 1. The van der Waals surface area contributed by atoms with E-state index in [4.69, 9.17) is 11.6 Å². The molecule has 0 amide bonds. The molecule has 0 radical (unpaired) electrons. The Hall–Kier alpha value is -1.59. The first-order valence-electron chi connectivity index (χ1n) is 5.49. The number of hydrogen-bond donors (Lipinski definition) is 1. The second-order valence-electron chi connectivity index (χ2n) is 3.86. The van der Waals surface area contributed by atoms with Crippen LogP contribution in [0.5, 0.6) is 0 Å². The van der Waals surface area contributed by atoms with Gasteiger partial charge in [0.15, 0.2) is 0 Å². The molecule has 0 aliphatic heterocycles. The highest BCUT2D eigenvalue weighted by Gasteiger charge is 2.12. The molecule has 4 nitrogen and oxygen atoms in total. The van der Waals surface area contributed by atoms with Crippen molar-refractivity contribution in [2.45, 2.75) is 6.54 Å². The molecule has 0 heterocycles. The lowest BCUT2D eigenvalue weighted by Gasteiger charge is -2.09. The van der Waals surface area contributed by atoms with E-state index >= 15 is 0 Å². The van der Waals surface area contributed by atoms with Crippen LogP contribution in [0.1, 0.15) is 5.56 Å². The molecule has 19 heavy (non-hydrogen) atoms. The highest BCUT2D eigenvalue weighted by molar-refractivity contribution is 9.10. The summed E-state index contributed by atoms with van der Waals surface area (Å²) in [5.74, 6) is 0. The molecule has 2 rings (SSSR count). The molecule has 0 atom stereocenters. The van der Waals surface area contributed by atoms with Crippen molar-refractivity contribution in [2.75, 3.05) is 5.32 Å². The fourth-order valence-electron chi connectivity index (χ4n) is 1.66. The van der Waals surface area contributed by atoms with Crippen molar-refractivity contribution < 1.29 is 4.92 Å². The van der Waals surface area contributed by atoms with Crippen molar-refractivity contribution in [1.82, 2.24) is 0 Å². The van der Waals surface area contributed by atoms with E-state index < -0.39 is 0 Å². The van der Waals surface area contributed by atoms with Gasteiger partial charge in [0.2, 0.25) is 0 Å². The van der Waals surface area contributed by atoms with Crippen molar-refractivity contribution in [3.63, 3.8) is 0 Å². The average Bonchev–Trinajstić information content (AvgIpc) is 2.38. The number of rotatable bonds is 4. The van der Waals surface area contributed by atoms with E-state index in [0.717, 1.165) is 10.2 Å². The third-order valence-corrected chi connectivity index (χ3v) is 3.48. The summed E-state index contributed by atoms with van der Waals surface area (Å²) in [5, 5.41) is 14.7. The van der Waals surface area contributed by atoms with Crippen LogP contribution in [0.3, 0.4) is 0 Å². The maximum atomic E-state index is 10.9. The first kappa shape index (κ1) is 13.8. The number of hydrogen-bond acceptors (Lipinski definition) is 3. The van der Waals surface area contributed by atoms with Gasteiger partial charge in [-0.1, -0.05) is 29.8 Å². The Kier molecular flexibility index (Phi) is 4.39. The van der Waals surface area contributed by atoms with Gasteiger partial charge in [-0.25, -0.2) is 0 Å². The Morgan fingerprint density at radius 3 is 2.68 bits per heavy atom. The predicted molar refractivity (Wildman–Crippen MR) is 79.6 cm³/mol. The zero-order chi connectivity index (χ0) is 13.8. The normalized spacial score (nSPS) is 10.2. The standard InChI is InChI=1S/C13H10BrClN2O2/c14-11-7-10(15)5-6-12(11)16-8-9-3-1-2-4-13(9)17(18)19/h1-7,16H,8H2. The van der Waals surface area contributed by atoms with Gasteiger partial charge in [0.25, 0.3) is 5.69 Å². The van der Waals surface area contributed by atoms with Gasteiger partial charge in [-0.05, 0) is 34.1 Å². The molecule has 0 aromatic heterocycles. The van der Waals surface area contributed by atoms with Gasteiger partial charge in [-0.15, -0.1) is 0 Å². The smallest absolute Gasteiger partial charge is 0.274 e. The van der Waals surface area contributed by atoms with Crippen LogP contribution in [-0.4, -0.2) is 4.92 Å². The Balaban J connectivity index is 2.17. The van der Waals surface area contributed by atoms with E-state index in [1.54, 1.807) is 30.3 Å². The lowest BCUT2D eigenvalue weighted by atomic mass is 10.2. The minimum absolute atomic E-state index is 0.111. The zero-order valence-electron chi connectivity index (χ0n) is 9.77. The second-order valence-corrected chi connectivity index (χ2v) is 5.15. The molecule has 0 aliphatic rings. The van der Waals surface area contributed by atoms with Gasteiger partial charge < -0.3 is 5.32 Å². The Bertz CT molecular complexity index is 619. The summed E-state index contributed by atoms with van der Waals surface area (Å²) in [4.78, 5) is 10.5. The molecule has 98 valence electrons. The molecule has 6 heteroatoms. The quantitative estimate of drug-likeness (QED) is 0.652. The van der Waals surface area contributed by atoms with E-state index in [0.29, 0.717) is 17.1 Å². The molecule has 2 aromatic rings. The van der Waals surface area contributed by atoms with Crippen LogP contribution >= 0.6 is 27.5 Å². The van der Waals surface area contributed by atoms with Crippen molar-refractivity contribution in [3.05, 3.63) is 67.6 Å². The first-order chi connectivity index (χ1) is 9.08. The molecule has 0 fully saturated rings. The lowest BCUT2D eigenvalue weighted by molar-refractivity contribution is -0.385. The molecule has 0 bridgehead atoms. The van der Waals surface area contributed by atoms with E-state index in [1.807, 2.05) is 6.07 Å². The number of halogens is 2. The van der Waals surface area contributed by atoms with Crippen LogP contribution in [0.2, 0.25) is 5.02 Å². The molecule has 0 unspecified atom stereocenters. The van der Waals surface area contributed by atoms with E-state index in [-0.39, 0.29) is 10.6 Å². The van der Waals surface area contributed by atoms with Gasteiger partial charge in [0.1, 0.15) is 0 Å². The summed E-state index contributed by atoms with van der Waals surface area (Å²) in [6.45, 7) is 0.372. The first-order valence-corrected chi connectivity index (χ1v) is 6.66. The summed E-state index contributed by atoms with van der Waals surface area (Å²) in [7, 11) is 0. The summed E-state index contributed by atoms with van der Waals surface area (Å²) in [5.41, 5.74) is 1.58. The number of nitro benzene ring substituents is 1. The summed E-state index contributed by atoms with van der Waals surface area (Å²) in [6, 6.07) is 12.0. The third-order valence-electron chi connectivity index (χ3n) is 2.59. The number of nitro groups is 1. The largest absolute Gasteiger partial charge is 0.380 e. The van der Waals surface area contributed by atoms with Crippen LogP contribution in [0.4, 0.5) is 11.4 Å². The third kappa shape index (κ3) is 3.45. The molecule has 0 saturated heterocycles. The Morgan fingerprint density at radius 1 is 1.26 bits per heavy atom. The maximum absolute atomic E-state index is 10.9. The van der Waals surface area contributed by atoms with Crippen molar-refractivity contribution in [1.29, 1.82) is 0 Å². The second kappa shape index (κ2) is 6.04. The van der Waals surface area contributed by atoms with Crippen molar-refractivity contribution in [2.24, 2.45) is 0 Å². The number of nitrogens with zero attached hydrogens (tertiary/aromatic N) is 1. The summed E-state index contributed by atoms with van der Waals surface area (Å²) < 4.78 is 0.818. The SMILES string of the molecule is O=[N+]([O-])c1ccccc1CNc1ccc(Cl)cc1Br. The van der Waals surface area contributed by atoms with E-state index in [9.17, 15) is 10.1 Å². The molecule has 2 aromatic carbocycles. The monoisotopic (exact) mass is 340 g/mol. The maximum Gasteiger partial charge on any atom is 0.274 e. The summed E-state index contributed by atoms with van der Waals surface area (Å²) in [6.07, 6.45) is 0. The topological polar surface area (TPSA) is 55.2 Å². The molecular weight excluding hydrogens is 332 g/mol. The van der Waals surface area contributed by atoms with E-state index in [1.165, 1.54) is 6.07 Å². The predicted octanol–water partition coefficient (Wildman–Crippen LogP) is 4.62. The number of anilines is 1. The summed E-state index contributed by atoms with van der Waals surface area (Å²) >= 11 is 9.24.